The Kier molecular flexibility index (Phi) is 6.81. The molecule has 1 aromatic carbocycles. The number of rotatable bonds is 6. The largest absolute Gasteiger partial charge is 0.480 e. The first-order valence-electron chi connectivity index (χ1n) is 9.22. The van der Waals surface area contributed by atoms with Gasteiger partial charge in [0.15, 0.2) is 6.04 Å². The average Bonchev–Trinajstić information content (AvgIpc) is 3.19. The molecule has 3 rings (SSSR count). The number of benzene rings is 1. The summed E-state index contributed by atoms with van der Waals surface area (Å²) in [5.74, 6) is -2.54. The minimum Gasteiger partial charge on any atom is -0.480 e. The Balaban J connectivity index is 1.70. The number of esters is 1. The first kappa shape index (κ1) is 23.6. The van der Waals surface area contributed by atoms with Gasteiger partial charge >= 0.3 is 18.1 Å². The summed E-state index contributed by atoms with van der Waals surface area (Å²) in [6.45, 7) is 0.819. The molecule has 0 aromatic heterocycles. The van der Waals surface area contributed by atoms with Crippen LogP contribution in [0.15, 0.2) is 27.5 Å². The zero-order valence-corrected chi connectivity index (χ0v) is 18.1. The molecule has 10 nitrogen and oxygen atoms in total. The lowest BCUT2D eigenvalue weighted by Crippen LogP contribution is -2.41. The Morgan fingerprint density at radius 3 is 2.78 bits per heavy atom. The summed E-state index contributed by atoms with van der Waals surface area (Å²) in [5.41, 5.74) is -0.0957. The second-order valence-electron chi connectivity index (χ2n) is 6.97. The number of fused-ring (bicyclic) bond motifs is 1. The molecule has 0 amide bonds. The predicted molar refractivity (Wildman–Crippen MR) is 101 cm³/mol. The Morgan fingerprint density at radius 2 is 2.12 bits per heavy atom. The monoisotopic (exact) mass is 524 g/mol. The van der Waals surface area contributed by atoms with Crippen LogP contribution < -0.4 is 4.74 Å². The topological polar surface area (TPSA) is 121 Å². The molecule has 174 valence electrons. The number of carbonyl (C=O) groups excluding carboxylic acids is 1. The molecular formula is C18H18BrF3N3O7+. The number of aryl methyl sites for hydroxylation is 1. The van der Waals surface area contributed by atoms with Gasteiger partial charge in [-0.05, 0) is 43.5 Å². The first-order valence-corrected chi connectivity index (χ1v) is 10.0. The van der Waals surface area contributed by atoms with Crippen LogP contribution in [0, 0.1) is 6.92 Å². The van der Waals surface area contributed by atoms with Crippen molar-refractivity contribution in [2.45, 2.75) is 38.1 Å². The first-order chi connectivity index (χ1) is 15.0. The van der Waals surface area contributed by atoms with Crippen LogP contribution in [-0.4, -0.2) is 63.9 Å². The highest BCUT2D eigenvalue weighted by Gasteiger charge is 2.49. The van der Waals surface area contributed by atoms with Crippen molar-refractivity contribution in [3.8, 4) is 5.75 Å². The quantitative estimate of drug-likeness (QED) is 0.145. The normalized spacial score (nSPS) is 20.8. The second-order valence-corrected chi connectivity index (χ2v) is 7.88. The zero-order valence-electron chi connectivity index (χ0n) is 16.5. The van der Waals surface area contributed by atoms with Crippen LogP contribution in [-0.2, 0) is 19.2 Å². The van der Waals surface area contributed by atoms with E-state index in [4.69, 9.17) is 9.84 Å². The van der Waals surface area contributed by atoms with Gasteiger partial charge in [0.25, 0.3) is 17.0 Å². The third-order valence-electron chi connectivity index (χ3n) is 4.74. The number of nitrogens with zero attached hydrogens (tertiary/aromatic N) is 3. The SMILES string of the molecule is Cc1cc(Br)cc2c1O[C@H](C(F)(F)F)C(C(=O)OCO/N=[N+](\O)N1CCC[C@H]1C(=O)O)=C2. The van der Waals surface area contributed by atoms with Gasteiger partial charge in [-0.1, -0.05) is 20.9 Å². The maximum Gasteiger partial charge on any atom is 0.430 e. The maximum atomic E-state index is 13.5. The van der Waals surface area contributed by atoms with Crippen molar-refractivity contribution in [2.24, 2.45) is 5.28 Å². The lowest BCUT2D eigenvalue weighted by atomic mass is 9.99. The molecule has 1 saturated heterocycles. The summed E-state index contributed by atoms with van der Waals surface area (Å²) < 4.78 is 50.8. The van der Waals surface area contributed by atoms with Crippen molar-refractivity contribution in [3.63, 3.8) is 0 Å². The number of carboxylic acids is 1. The van der Waals surface area contributed by atoms with Gasteiger partial charge in [0.05, 0.1) is 12.1 Å². The molecule has 2 aliphatic rings. The number of carboxylic acid groups (broad SMARTS) is 1. The number of aliphatic carboxylic acids is 1. The Hall–Kier alpha value is -3.03. The van der Waals surface area contributed by atoms with Crippen molar-refractivity contribution < 1.29 is 52.4 Å². The third-order valence-corrected chi connectivity index (χ3v) is 5.20. The number of hydrogen-bond acceptors (Lipinski definition) is 6. The molecule has 2 N–H and O–H groups in total. The molecule has 0 bridgehead atoms. The summed E-state index contributed by atoms with van der Waals surface area (Å²) in [5, 5.41) is 23.0. The van der Waals surface area contributed by atoms with Crippen molar-refractivity contribution in [2.75, 3.05) is 13.3 Å². The van der Waals surface area contributed by atoms with Gasteiger partial charge in [0, 0.05) is 10.0 Å². The van der Waals surface area contributed by atoms with E-state index >= 15 is 0 Å². The number of carbonyl (C=O) groups is 2. The summed E-state index contributed by atoms with van der Waals surface area (Å²) >= 11 is 3.23. The van der Waals surface area contributed by atoms with Crippen molar-refractivity contribution >= 4 is 33.9 Å². The fraction of sp³-hybridized carbons (Fsp3) is 0.444. The van der Waals surface area contributed by atoms with E-state index in [1.807, 2.05) is 0 Å². The van der Waals surface area contributed by atoms with E-state index in [2.05, 4.69) is 30.8 Å². The number of alkyl halides is 3. The van der Waals surface area contributed by atoms with Crippen LogP contribution in [0.25, 0.3) is 6.08 Å². The Labute approximate surface area is 187 Å². The van der Waals surface area contributed by atoms with E-state index in [0.717, 1.165) is 11.1 Å². The van der Waals surface area contributed by atoms with E-state index in [1.165, 1.54) is 6.07 Å². The van der Waals surface area contributed by atoms with Crippen LogP contribution in [0.5, 0.6) is 5.75 Å². The molecule has 1 fully saturated rings. The van der Waals surface area contributed by atoms with E-state index < -0.39 is 42.6 Å². The van der Waals surface area contributed by atoms with Crippen LogP contribution in [0.3, 0.4) is 0 Å². The third kappa shape index (κ3) is 5.06. The molecule has 0 unspecified atom stereocenters. The molecule has 32 heavy (non-hydrogen) atoms. The van der Waals surface area contributed by atoms with Crippen LogP contribution >= 0.6 is 15.9 Å². The number of ether oxygens (including phenoxy) is 2. The van der Waals surface area contributed by atoms with Gasteiger partial charge < -0.3 is 14.6 Å². The molecule has 2 aliphatic heterocycles. The van der Waals surface area contributed by atoms with Gasteiger partial charge in [-0.3, -0.25) is 4.84 Å². The van der Waals surface area contributed by atoms with Crippen molar-refractivity contribution in [1.29, 1.82) is 0 Å². The number of hydrogen-bond donors (Lipinski definition) is 2. The molecule has 2 atom stereocenters. The number of halogens is 4. The minimum atomic E-state index is -4.89. The summed E-state index contributed by atoms with van der Waals surface area (Å²) in [6, 6.07) is 2.05. The molecule has 0 spiro atoms. The highest BCUT2D eigenvalue weighted by Crippen LogP contribution is 2.40. The van der Waals surface area contributed by atoms with E-state index in [0.29, 0.717) is 16.5 Å². The maximum absolute atomic E-state index is 13.5. The standard InChI is InChI=1S/C18H17BrF3N3O7/c1-9-5-11(19)6-10-7-12(15(18(20,21)22)32-14(9)10)17(28)30-8-31-23-25(29)24-4-2-3-13(24)16(26)27/h5-7,13,15H,2-4,8H2,1H3,(H-,23,26,27,29)/p+1/t13-,15-/m0/s1. The fourth-order valence-corrected chi connectivity index (χ4v) is 3.95. The highest BCUT2D eigenvalue weighted by molar-refractivity contribution is 9.10. The zero-order chi connectivity index (χ0) is 23.6. The Bertz CT molecular complexity index is 983. The van der Waals surface area contributed by atoms with Gasteiger partial charge in [-0.2, -0.15) is 13.2 Å². The Morgan fingerprint density at radius 1 is 1.41 bits per heavy atom. The van der Waals surface area contributed by atoms with E-state index in [9.17, 15) is 28.0 Å². The summed E-state index contributed by atoms with van der Waals surface area (Å²) in [7, 11) is 0. The number of hydrazine groups is 1. The minimum absolute atomic E-state index is 0.00662. The summed E-state index contributed by atoms with van der Waals surface area (Å²) in [6.07, 6.45) is -5.65. The lowest BCUT2D eigenvalue weighted by Gasteiger charge is -2.28. The molecule has 14 heteroatoms. The van der Waals surface area contributed by atoms with Crippen molar-refractivity contribution in [1.82, 2.24) is 5.01 Å². The highest BCUT2D eigenvalue weighted by atomic mass is 79.9. The van der Waals surface area contributed by atoms with Crippen LogP contribution in [0.1, 0.15) is 24.0 Å². The summed E-state index contributed by atoms with van der Waals surface area (Å²) in [4.78, 5) is 28.2. The molecular weight excluding hydrogens is 507 g/mol. The van der Waals surface area contributed by atoms with E-state index in [1.54, 1.807) is 13.0 Å². The molecule has 0 saturated carbocycles. The predicted octanol–water partition coefficient (Wildman–Crippen LogP) is 3.21. The molecule has 0 radical (unpaired) electrons. The van der Waals surface area contributed by atoms with Gasteiger partial charge in [0.1, 0.15) is 5.75 Å². The van der Waals surface area contributed by atoms with Gasteiger partial charge in [-0.25, -0.2) is 14.8 Å². The lowest BCUT2D eigenvalue weighted by molar-refractivity contribution is -0.942. The fourth-order valence-electron chi connectivity index (χ4n) is 3.36. The van der Waals surface area contributed by atoms with E-state index in [-0.39, 0.29) is 29.2 Å². The van der Waals surface area contributed by atoms with Crippen molar-refractivity contribution in [3.05, 3.63) is 33.3 Å². The molecule has 2 heterocycles. The van der Waals surface area contributed by atoms with Crippen LogP contribution in [0.4, 0.5) is 13.2 Å². The van der Waals surface area contributed by atoms with Gasteiger partial charge in [-0.15, -0.1) is 0 Å². The van der Waals surface area contributed by atoms with Crippen LogP contribution in [0.2, 0.25) is 0 Å². The average molecular weight is 525 g/mol. The molecule has 1 aromatic rings. The second kappa shape index (κ2) is 9.22. The smallest absolute Gasteiger partial charge is 0.430 e. The molecule has 0 aliphatic carbocycles. The van der Waals surface area contributed by atoms with Gasteiger partial charge in [0.2, 0.25) is 6.10 Å².